The van der Waals surface area contributed by atoms with Gasteiger partial charge in [0, 0.05) is 37.1 Å². The lowest BCUT2D eigenvalue weighted by molar-refractivity contribution is 0.819. The van der Waals surface area contributed by atoms with Crippen LogP contribution in [0.2, 0.25) is 0 Å². The number of pyridine rings is 2. The van der Waals surface area contributed by atoms with Gasteiger partial charge in [-0.15, -0.1) is 0 Å². The SMILES string of the molecule is Cc1cc(-c2nc3ncccc3n2Cc2ccccc2)cn(C)c1=O. The Hall–Kier alpha value is -3.21. The molecule has 0 atom stereocenters. The predicted molar refractivity (Wildman–Crippen MR) is 98.5 cm³/mol. The first-order chi connectivity index (χ1) is 12.1. The summed E-state index contributed by atoms with van der Waals surface area (Å²) in [5, 5.41) is 0. The van der Waals surface area contributed by atoms with E-state index in [1.807, 2.05) is 49.5 Å². The van der Waals surface area contributed by atoms with E-state index in [4.69, 9.17) is 4.98 Å². The van der Waals surface area contributed by atoms with Crippen LogP contribution in [0.1, 0.15) is 11.1 Å². The number of aromatic nitrogens is 4. The Morgan fingerprint density at radius 2 is 1.88 bits per heavy atom. The Kier molecular flexibility index (Phi) is 3.69. The van der Waals surface area contributed by atoms with Gasteiger partial charge in [-0.05, 0) is 30.7 Å². The Morgan fingerprint density at radius 1 is 1.08 bits per heavy atom. The Balaban J connectivity index is 1.94. The highest BCUT2D eigenvalue weighted by atomic mass is 16.1. The molecule has 0 bridgehead atoms. The molecule has 5 heteroatoms. The monoisotopic (exact) mass is 330 g/mol. The predicted octanol–water partition coefficient (Wildman–Crippen LogP) is 3.15. The van der Waals surface area contributed by atoms with Crippen LogP contribution in [0.4, 0.5) is 0 Å². The highest BCUT2D eigenvalue weighted by molar-refractivity contribution is 5.77. The van der Waals surface area contributed by atoms with E-state index < -0.39 is 0 Å². The second-order valence-electron chi connectivity index (χ2n) is 6.18. The summed E-state index contributed by atoms with van der Waals surface area (Å²) in [7, 11) is 1.77. The van der Waals surface area contributed by atoms with E-state index in [0.29, 0.717) is 17.8 Å². The highest BCUT2D eigenvalue weighted by Crippen LogP contribution is 2.24. The molecule has 25 heavy (non-hydrogen) atoms. The number of hydrogen-bond acceptors (Lipinski definition) is 3. The number of hydrogen-bond donors (Lipinski definition) is 0. The lowest BCUT2D eigenvalue weighted by Gasteiger charge is -2.11. The smallest absolute Gasteiger partial charge is 0.253 e. The molecule has 0 amide bonds. The van der Waals surface area contributed by atoms with Crippen molar-refractivity contribution in [3.05, 3.63) is 82.4 Å². The molecule has 0 saturated carbocycles. The lowest BCUT2D eigenvalue weighted by atomic mass is 10.2. The van der Waals surface area contributed by atoms with Crippen LogP contribution >= 0.6 is 0 Å². The Bertz CT molecular complexity index is 1080. The number of rotatable bonds is 3. The minimum atomic E-state index is 0.00703. The molecular formula is C20H18N4O. The molecule has 3 heterocycles. The lowest BCUT2D eigenvalue weighted by Crippen LogP contribution is -2.18. The average Bonchev–Trinajstić information content (AvgIpc) is 2.99. The fraction of sp³-hybridized carbons (Fsp3) is 0.150. The first-order valence-electron chi connectivity index (χ1n) is 8.16. The number of imidazole rings is 1. The molecular weight excluding hydrogens is 312 g/mol. The summed E-state index contributed by atoms with van der Waals surface area (Å²) in [6.45, 7) is 2.52. The molecule has 0 aliphatic heterocycles. The van der Waals surface area contributed by atoms with Crippen molar-refractivity contribution in [3.8, 4) is 11.4 Å². The molecule has 0 N–H and O–H groups in total. The van der Waals surface area contributed by atoms with E-state index in [1.54, 1.807) is 17.8 Å². The maximum Gasteiger partial charge on any atom is 0.253 e. The molecule has 3 aromatic heterocycles. The largest absolute Gasteiger partial charge is 0.318 e. The van der Waals surface area contributed by atoms with Crippen LogP contribution in [0.25, 0.3) is 22.6 Å². The van der Waals surface area contributed by atoms with Gasteiger partial charge in [-0.2, -0.15) is 0 Å². The fourth-order valence-electron chi connectivity index (χ4n) is 3.11. The summed E-state index contributed by atoms with van der Waals surface area (Å²) in [6.07, 6.45) is 3.58. The van der Waals surface area contributed by atoms with Crippen molar-refractivity contribution in [2.24, 2.45) is 7.05 Å². The van der Waals surface area contributed by atoms with E-state index in [9.17, 15) is 4.79 Å². The van der Waals surface area contributed by atoms with Gasteiger partial charge in [0.05, 0.1) is 5.52 Å². The molecule has 4 aromatic rings. The standard InChI is InChI=1S/C20H18N4O/c1-14-11-16(13-23(2)20(14)25)19-22-18-17(9-6-10-21-18)24(19)12-15-7-4-3-5-8-15/h3-11,13H,12H2,1-2H3. The molecule has 1 aromatic carbocycles. The molecule has 0 unspecified atom stereocenters. The van der Waals surface area contributed by atoms with Crippen LogP contribution in [-0.2, 0) is 13.6 Å². The van der Waals surface area contributed by atoms with Crippen molar-refractivity contribution in [2.75, 3.05) is 0 Å². The molecule has 0 fully saturated rings. The van der Waals surface area contributed by atoms with Crippen LogP contribution in [0, 0.1) is 6.92 Å². The van der Waals surface area contributed by atoms with Gasteiger partial charge in [0.1, 0.15) is 5.82 Å². The normalized spacial score (nSPS) is 11.1. The zero-order valence-corrected chi connectivity index (χ0v) is 14.2. The Labute approximate surface area is 145 Å². The molecule has 4 rings (SSSR count). The number of aryl methyl sites for hydroxylation is 2. The van der Waals surface area contributed by atoms with Gasteiger partial charge >= 0.3 is 0 Å². The maximum atomic E-state index is 12.0. The molecule has 0 saturated heterocycles. The second kappa shape index (κ2) is 6.02. The molecule has 5 nitrogen and oxygen atoms in total. The summed E-state index contributed by atoms with van der Waals surface area (Å²) >= 11 is 0. The first-order valence-corrected chi connectivity index (χ1v) is 8.16. The molecule has 124 valence electrons. The third-order valence-corrected chi connectivity index (χ3v) is 4.33. The maximum absolute atomic E-state index is 12.0. The van der Waals surface area contributed by atoms with E-state index >= 15 is 0 Å². The number of benzene rings is 1. The molecule has 0 radical (unpaired) electrons. The van der Waals surface area contributed by atoms with Crippen LogP contribution in [0.3, 0.4) is 0 Å². The summed E-state index contributed by atoms with van der Waals surface area (Å²) in [5.41, 5.74) is 4.49. The van der Waals surface area contributed by atoms with Crippen molar-refractivity contribution >= 4 is 11.2 Å². The van der Waals surface area contributed by atoms with Crippen molar-refractivity contribution in [2.45, 2.75) is 13.5 Å². The third-order valence-electron chi connectivity index (χ3n) is 4.33. The summed E-state index contributed by atoms with van der Waals surface area (Å²) in [4.78, 5) is 21.1. The number of nitrogens with zero attached hydrogens (tertiary/aromatic N) is 4. The zero-order valence-electron chi connectivity index (χ0n) is 14.2. The Morgan fingerprint density at radius 3 is 2.64 bits per heavy atom. The summed E-state index contributed by atoms with van der Waals surface area (Å²) in [5.74, 6) is 0.816. The van der Waals surface area contributed by atoms with Gasteiger partial charge < -0.3 is 9.13 Å². The van der Waals surface area contributed by atoms with Crippen molar-refractivity contribution in [3.63, 3.8) is 0 Å². The van der Waals surface area contributed by atoms with Crippen LogP contribution < -0.4 is 5.56 Å². The van der Waals surface area contributed by atoms with Crippen LogP contribution in [0.5, 0.6) is 0 Å². The topological polar surface area (TPSA) is 52.7 Å². The second-order valence-corrected chi connectivity index (χ2v) is 6.18. The van der Waals surface area contributed by atoms with Crippen molar-refractivity contribution in [1.82, 2.24) is 19.1 Å². The van der Waals surface area contributed by atoms with Crippen molar-refractivity contribution in [1.29, 1.82) is 0 Å². The van der Waals surface area contributed by atoms with Gasteiger partial charge in [-0.3, -0.25) is 4.79 Å². The van der Waals surface area contributed by atoms with E-state index in [0.717, 1.165) is 16.9 Å². The van der Waals surface area contributed by atoms with E-state index in [-0.39, 0.29) is 5.56 Å². The zero-order chi connectivity index (χ0) is 17.4. The van der Waals surface area contributed by atoms with Gasteiger partial charge in [-0.1, -0.05) is 30.3 Å². The summed E-state index contributed by atoms with van der Waals surface area (Å²) in [6, 6.07) is 16.1. The first kappa shape index (κ1) is 15.3. The van der Waals surface area contributed by atoms with Gasteiger partial charge in [0.25, 0.3) is 5.56 Å². The minimum Gasteiger partial charge on any atom is -0.318 e. The number of fused-ring (bicyclic) bond motifs is 1. The van der Waals surface area contributed by atoms with Gasteiger partial charge in [-0.25, -0.2) is 9.97 Å². The van der Waals surface area contributed by atoms with Gasteiger partial charge in [0.15, 0.2) is 5.65 Å². The molecule has 0 spiro atoms. The molecule has 0 aliphatic carbocycles. The molecule has 0 aliphatic rings. The summed E-state index contributed by atoms with van der Waals surface area (Å²) < 4.78 is 3.75. The fourth-order valence-corrected chi connectivity index (χ4v) is 3.11. The van der Waals surface area contributed by atoms with Gasteiger partial charge in [0.2, 0.25) is 0 Å². The van der Waals surface area contributed by atoms with Crippen LogP contribution in [0.15, 0.2) is 65.7 Å². The minimum absolute atomic E-state index is 0.00703. The highest BCUT2D eigenvalue weighted by Gasteiger charge is 2.15. The quantitative estimate of drug-likeness (QED) is 0.580. The van der Waals surface area contributed by atoms with E-state index in [2.05, 4.69) is 21.7 Å². The third kappa shape index (κ3) is 2.74. The average molecular weight is 330 g/mol. The van der Waals surface area contributed by atoms with Crippen molar-refractivity contribution < 1.29 is 0 Å². The van der Waals surface area contributed by atoms with E-state index in [1.165, 1.54) is 5.56 Å². The van der Waals surface area contributed by atoms with Crippen LogP contribution in [-0.4, -0.2) is 19.1 Å².